The fourth-order valence-electron chi connectivity index (χ4n) is 4.00. The molecular weight excluding hydrogens is 434 g/mol. The number of rotatable bonds is 7. The number of nitrogens with zero attached hydrogens (tertiary/aromatic N) is 3. The molecule has 174 valence electrons. The van der Waals surface area contributed by atoms with Crippen molar-refractivity contribution >= 4 is 34.5 Å². The van der Waals surface area contributed by atoms with Crippen molar-refractivity contribution < 1.29 is 23.9 Å². The van der Waals surface area contributed by atoms with Crippen LogP contribution in [0.25, 0.3) is 10.8 Å². The second-order valence-electron chi connectivity index (χ2n) is 8.23. The van der Waals surface area contributed by atoms with Crippen LogP contribution in [0.15, 0.2) is 66.7 Å². The van der Waals surface area contributed by atoms with Crippen LogP contribution in [0.2, 0.25) is 0 Å². The normalized spacial score (nSPS) is 14.6. The highest BCUT2D eigenvalue weighted by Crippen LogP contribution is 2.26. The number of hydrogen-bond acceptors (Lipinski definition) is 5. The lowest BCUT2D eigenvalue weighted by molar-refractivity contribution is -0.145. The number of methoxy groups -OCH3 is 1. The maximum atomic E-state index is 12.9. The van der Waals surface area contributed by atoms with Crippen molar-refractivity contribution in [3.05, 3.63) is 77.9 Å². The second kappa shape index (κ2) is 9.35. The Balaban J connectivity index is 1.44. The average molecular weight is 460 g/mol. The van der Waals surface area contributed by atoms with Crippen molar-refractivity contribution in [3.63, 3.8) is 0 Å². The SMILES string of the molecule is COc1ccc2cc(CN(C)C(=O)CN3C(=O)C(=O)N(C(C)c4ccccc4)C3=O)ccc2c1. The predicted molar refractivity (Wildman–Crippen MR) is 126 cm³/mol. The number of carbonyl (C=O) groups excluding carboxylic acids is 4. The Labute approximate surface area is 197 Å². The lowest BCUT2D eigenvalue weighted by Crippen LogP contribution is -2.42. The van der Waals surface area contributed by atoms with E-state index in [9.17, 15) is 19.2 Å². The molecular formula is C26H25N3O5. The minimum absolute atomic E-state index is 0.287. The molecule has 8 nitrogen and oxygen atoms in total. The molecule has 5 amide bonds. The van der Waals surface area contributed by atoms with E-state index in [4.69, 9.17) is 4.74 Å². The number of likely N-dealkylation sites (N-methyl/N-ethyl adjacent to an activating group) is 1. The standard InChI is InChI=1S/C26H25N3O5/c1-17(19-7-5-4-6-8-19)29-25(32)24(31)28(26(29)33)16-23(30)27(2)15-18-9-10-21-14-22(34-3)12-11-20(21)13-18/h4-14,17H,15-16H2,1-3H3. The summed E-state index contributed by atoms with van der Waals surface area (Å²) >= 11 is 0. The predicted octanol–water partition coefficient (Wildman–Crippen LogP) is 3.36. The van der Waals surface area contributed by atoms with Crippen LogP contribution in [0.5, 0.6) is 5.75 Å². The molecule has 0 saturated carbocycles. The summed E-state index contributed by atoms with van der Waals surface area (Å²) < 4.78 is 5.24. The van der Waals surface area contributed by atoms with E-state index in [-0.39, 0.29) is 6.54 Å². The van der Waals surface area contributed by atoms with E-state index in [2.05, 4.69) is 0 Å². The first kappa shape index (κ1) is 23.0. The van der Waals surface area contributed by atoms with Gasteiger partial charge < -0.3 is 9.64 Å². The first-order valence-corrected chi connectivity index (χ1v) is 10.8. The van der Waals surface area contributed by atoms with E-state index in [0.29, 0.717) is 4.90 Å². The largest absolute Gasteiger partial charge is 0.497 e. The third-order valence-corrected chi connectivity index (χ3v) is 6.00. The number of benzene rings is 3. The lowest BCUT2D eigenvalue weighted by atomic mass is 10.1. The van der Waals surface area contributed by atoms with Gasteiger partial charge in [0.25, 0.3) is 0 Å². The van der Waals surface area contributed by atoms with Crippen molar-refractivity contribution in [2.24, 2.45) is 0 Å². The molecule has 1 heterocycles. The smallest absolute Gasteiger partial charge is 0.335 e. The van der Waals surface area contributed by atoms with Crippen LogP contribution in [-0.4, -0.2) is 59.2 Å². The maximum absolute atomic E-state index is 12.9. The number of imide groups is 2. The van der Waals surface area contributed by atoms with Gasteiger partial charge in [0, 0.05) is 13.6 Å². The van der Waals surface area contributed by atoms with Crippen LogP contribution >= 0.6 is 0 Å². The van der Waals surface area contributed by atoms with Crippen LogP contribution in [0.3, 0.4) is 0 Å². The monoisotopic (exact) mass is 459 g/mol. The summed E-state index contributed by atoms with van der Waals surface area (Å²) in [6.45, 7) is 1.46. The number of amides is 5. The van der Waals surface area contributed by atoms with Gasteiger partial charge in [0.15, 0.2) is 0 Å². The van der Waals surface area contributed by atoms with Crippen LogP contribution in [-0.2, 0) is 20.9 Å². The van der Waals surface area contributed by atoms with Gasteiger partial charge in [-0.1, -0.05) is 48.5 Å². The van der Waals surface area contributed by atoms with Gasteiger partial charge in [-0.05, 0) is 47.0 Å². The quantitative estimate of drug-likeness (QED) is 0.399. The van der Waals surface area contributed by atoms with Crippen molar-refractivity contribution in [2.75, 3.05) is 20.7 Å². The topological polar surface area (TPSA) is 87.2 Å². The molecule has 1 unspecified atom stereocenters. The van der Waals surface area contributed by atoms with Crippen molar-refractivity contribution in [1.29, 1.82) is 0 Å². The Hall–Kier alpha value is -4.20. The molecule has 1 fully saturated rings. The molecule has 34 heavy (non-hydrogen) atoms. The van der Waals surface area contributed by atoms with Crippen molar-refractivity contribution in [1.82, 2.24) is 14.7 Å². The van der Waals surface area contributed by atoms with Crippen LogP contribution in [0, 0.1) is 0 Å². The molecule has 0 N–H and O–H groups in total. The molecule has 1 saturated heterocycles. The summed E-state index contributed by atoms with van der Waals surface area (Å²) in [7, 11) is 3.21. The van der Waals surface area contributed by atoms with Crippen molar-refractivity contribution in [2.45, 2.75) is 19.5 Å². The van der Waals surface area contributed by atoms with Gasteiger partial charge in [-0.25, -0.2) is 14.6 Å². The van der Waals surface area contributed by atoms with E-state index in [0.717, 1.165) is 32.5 Å². The number of hydrogen-bond donors (Lipinski definition) is 0. The Morgan fingerprint density at radius 2 is 1.62 bits per heavy atom. The molecule has 0 radical (unpaired) electrons. The number of urea groups is 1. The summed E-state index contributed by atoms with van der Waals surface area (Å²) in [5, 5.41) is 2.01. The summed E-state index contributed by atoms with van der Waals surface area (Å²) in [4.78, 5) is 53.8. The Morgan fingerprint density at radius 1 is 0.941 bits per heavy atom. The fourth-order valence-corrected chi connectivity index (χ4v) is 4.00. The molecule has 8 heteroatoms. The summed E-state index contributed by atoms with van der Waals surface area (Å²) in [6.07, 6.45) is 0. The van der Waals surface area contributed by atoms with Crippen molar-refractivity contribution in [3.8, 4) is 5.75 Å². The van der Waals surface area contributed by atoms with Gasteiger partial charge in [-0.3, -0.25) is 14.4 Å². The molecule has 1 atom stereocenters. The maximum Gasteiger partial charge on any atom is 0.335 e. The minimum atomic E-state index is -0.991. The average Bonchev–Trinajstić information content (AvgIpc) is 3.06. The Bertz CT molecular complexity index is 1270. The molecule has 3 aromatic rings. The molecule has 0 aromatic heterocycles. The zero-order valence-electron chi connectivity index (χ0n) is 19.2. The highest BCUT2D eigenvalue weighted by atomic mass is 16.5. The molecule has 1 aliphatic rings. The molecule has 0 spiro atoms. The molecule has 3 aromatic carbocycles. The Kier molecular flexibility index (Phi) is 6.32. The minimum Gasteiger partial charge on any atom is -0.497 e. The van der Waals surface area contributed by atoms with E-state index in [1.165, 1.54) is 4.90 Å². The first-order valence-electron chi connectivity index (χ1n) is 10.8. The van der Waals surface area contributed by atoms with Gasteiger partial charge in [0.2, 0.25) is 5.91 Å². The van der Waals surface area contributed by atoms with Gasteiger partial charge in [0.05, 0.1) is 13.2 Å². The van der Waals surface area contributed by atoms with E-state index >= 15 is 0 Å². The van der Waals surface area contributed by atoms with Gasteiger partial charge >= 0.3 is 17.8 Å². The molecule has 1 aliphatic heterocycles. The highest BCUT2D eigenvalue weighted by Gasteiger charge is 2.47. The van der Waals surface area contributed by atoms with Crippen LogP contribution in [0.4, 0.5) is 4.79 Å². The van der Waals surface area contributed by atoms with E-state index in [1.807, 2.05) is 42.5 Å². The third-order valence-electron chi connectivity index (χ3n) is 6.00. The zero-order valence-corrected chi connectivity index (χ0v) is 19.2. The summed E-state index contributed by atoms with van der Waals surface area (Å²) in [5.41, 5.74) is 1.61. The second-order valence-corrected chi connectivity index (χ2v) is 8.23. The van der Waals surface area contributed by atoms with E-state index < -0.39 is 36.3 Å². The summed E-state index contributed by atoms with van der Waals surface area (Å²) in [6, 6.07) is 19.1. The Morgan fingerprint density at radius 3 is 2.32 bits per heavy atom. The zero-order chi connectivity index (χ0) is 24.4. The van der Waals surface area contributed by atoms with Gasteiger partial charge in [0.1, 0.15) is 12.3 Å². The van der Waals surface area contributed by atoms with Gasteiger partial charge in [-0.2, -0.15) is 0 Å². The molecule has 0 bridgehead atoms. The van der Waals surface area contributed by atoms with Gasteiger partial charge in [-0.15, -0.1) is 0 Å². The summed E-state index contributed by atoms with van der Waals surface area (Å²) in [5.74, 6) is -1.60. The third kappa shape index (κ3) is 4.34. The van der Waals surface area contributed by atoms with Crippen LogP contribution in [0.1, 0.15) is 24.1 Å². The van der Waals surface area contributed by atoms with Crippen LogP contribution < -0.4 is 4.74 Å². The highest BCUT2D eigenvalue weighted by molar-refractivity contribution is 6.45. The lowest BCUT2D eigenvalue weighted by Gasteiger charge is -2.23. The molecule has 4 rings (SSSR count). The fraction of sp³-hybridized carbons (Fsp3) is 0.231. The first-order chi connectivity index (χ1) is 16.3. The number of ether oxygens (including phenoxy) is 1. The molecule has 0 aliphatic carbocycles. The number of fused-ring (bicyclic) bond motifs is 1. The van der Waals surface area contributed by atoms with E-state index in [1.54, 1.807) is 45.3 Å². The number of carbonyl (C=O) groups is 4.